The minimum Gasteiger partial charge on any atom is -0.326 e. The third-order valence-corrected chi connectivity index (χ3v) is 3.17. The number of hydrogen-bond acceptors (Lipinski definition) is 4. The fourth-order valence-corrected chi connectivity index (χ4v) is 2.46. The maximum atomic E-state index is 13.2. The second kappa shape index (κ2) is 4.14. The maximum Gasteiger partial charge on any atom is 0.264 e. The molecule has 0 unspecified atom stereocenters. The van der Waals surface area contributed by atoms with E-state index in [0.717, 1.165) is 12.1 Å². The third kappa shape index (κ3) is 2.26. The molecule has 4 nitrogen and oxygen atoms in total. The van der Waals surface area contributed by atoms with Crippen LogP contribution in [-0.4, -0.2) is 8.42 Å². The number of hydrogen-bond donors (Lipinski definition) is 1. The van der Waals surface area contributed by atoms with Gasteiger partial charge in [0.1, 0.15) is 10.7 Å². The fraction of sp³-hybridized carbons (Fsp3) is 0.125. The molecule has 1 aromatic carbocycles. The average Bonchev–Trinajstić information content (AvgIpc) is 2.15. The molecule has 0 radical (unpaired) electrons. The Morgan fingerprint density at radius 3 is 2.53 bits per heavy atom. The second-order valence-corrected chi connectivity index (χ2v) is 5.16. The van der Waals surface area contributed by atoms with E-state index in [-0.39, 0.29) is 17.7 Å². The van der Waals surface area contributed by atoms with E-state index in [0.29, 0.717) is 0 Å². The van der Waals surface area contributed by atoms with Crippen LogP contribution in [0.4, 0.5) is 4.39 Å². The molecule has 0 atom stereocenters. The van der Waals surface area contributed by atoms with Crippen molar-refractivity contribution in [2.75, 3.05) is 0 Å². The first kappa shape index (κ1) is 11.9. The summed E-state index contributed by atoms with van der Waals surface area (Å²) in [6.07, 6.45) is 0. The smallest absolute Gasteiger partial charge is 0.264 e. The minimum absolute atomic E-state index is 0.00174. The largest absolute Gasteiger partial charge is 0.326 e. The SMILES string of the molecule is N#Cc1ccc(F)c(S(=O)(=O)Cl)c1CN. The van der Waals surface area contributed by atoms with Crippen molar-refractivity contribution in [3.05, 3.63) is 29.1 Å². The van der Waals surface area contributed by atoms with Crippen LogP contribution < -0.4 is 5.73 Å². The van der Waals surface area contributed by atoms with Crippen molar-refractivity contribution in [1.82, 2.24) is 0 Å². The first-order valence-electron chi connectivity index (χ1n) is 3.78. The second-order valence-electron chi connectivity index (χ2n) is 2.66. The lowest BCUT2D eigenvalue weighted by molar-refractivity contribution is 0.570. The molecule has 0 amide bonds. The van der Waals surface area contributed by atoms with Gasteiger partial charge in [0.05, 0.1) is 11.6 Å². The lowest BCUT2D eigenvalue weighted by atomic mass is 10.1. The molecule has 0 spiro atoms. The molecule has 0 aliphatic rings. The van der Waals surface area contributed by atoms with Crippen LogP contribution in [0.1, 0.15) is 11.1 Å². The van der Waals surface area contributed by atoms with Gasteiger partial charge < -0.3 is 5.73 Å². The molecule has 0 bridgehead atoms. The topological polar surface area (TPSA) is 84.0 Å². The van der Waals surface area contributed by atoms with Gasteiger partial charge in [0.25, 0.3) is 9.05 Å². The van der Waals surface area contributed by atoms with E-state index in [1.54, 1.807) is 6.07 Å². The standard InChI is InChI=1S/C8H6ClFN2O2S/c9-15(13,14)8-6(4-12)5(3-11)1-2-7(8)10/h1-2H,4,12H2. The van der Waals surface area contributed by atoms with Crippen LogP contribution in [0, 0.1) is 17.1 Å². The van der Waals surface area contributed by atoms with Crippen LogP contribution in [0.5, 0.6) is 0 Å². The Morgan fingerprint density at radius 2 is 2.13 bits per heavy atom. The Morgan fingerprint density at radius 1 is 1.53 bits per heavy atom. The van der Waals surface area contributed by atoms with Crippen molar-refractivity contribution < 1.29 is 12.8 Å². The highest BCUT2D eigenvalue weighted by atomic mass is 35.7. The van der Waals surface area contributed by atoms with Gasteiger partial charge >= 0.3 is 0 Å². The number of benzene rings is 1. The van der Waals surface area contributed by atoms with Crippen LogP contribution in [0.25, 0.3) is 0 Å². The van der Waals surface area contributed by atoms with Crippen LogP contribution in [-0.2, 0) is 15.6 Å². The van der Waals surface area contributed by atoms with Crippen LogP contribution in [0.2, 0.25) is 0 Å². The summed E-state index contributed by atoms with van der Waals surface area (Å²) >= 11 is 0. The normalized spacial score (nSPS) is 11.1. The van der Waals surface area contributed by atoms with Gasteiger partial charge in [-0.3, -0.25) is 0 Å². The predicted molar refractivity (Wildman–Crippen MR) is 52.0 cm³/mol. The number of halogens is 2. The molecule has 7 heteroatoms. The summed E-state index contributed by atoms with van der Waals surface area (Å²) in [6.45, 7) is -0.276. The molecule has 0 heterocycles. The molecular formula is C8H6ClFN2O2S. The molecule has 80 valence electrons. The minimum atomic E-state index is -4.24. The van der Waals surface area contributed by atoms with Gasteiger partial charge in [-0.15, -0.1) is 0 Å². The molecule has 15 heavy (non-hydrogen) atoms. The molecular weight excluding hydrogens is 243 g/mol. The summed E-state index contributed by atoms with van der Waals surface area (Å²) in [6, 6.07) is 3.74. The first-order chi connectivity index (χ1) is 6.91. The number of nitrogens with zero attached hydrogens (tertiary/aromatic N) is 1. The Bertz CT molecular complexity index is 536. The maximum absolute atomic E-state index is 13.2. The molecule has 0 fully saturated rings. The van der Waals surface area contributed by atoms with Crippen molar-refractivity contribution >= 4 is 19.7 Å². The summed E-state index contributed by atoms with van der Waals surface area (Å²) in [5.74, 6) is -1.01. The fourth-order valence-electron chi connectivity index (χ4n) is 1.17. The number of rotatable bonds is 2. The molecule has 1 aromatic rings. The Hall–Kier alpha value is -1.16. The molecule has 0 saturated heterocycles. The Balaban J connectivity index is 3.71. The average molecular weight is 249 g/mol. The van der Waals surface area contributed by atoms with E-state index in [1.165, 1.54) is 0 Å². The predicted octanol–water partition coefficient (Wildman–Crippen LogP) is 1.08. The highest BCUT2D eigenvalue weighted by molar-refractivity contribution is 8.13. The van der Waals surface area contributed by atoms with E-state index in [2.05, 4.69) is 0 Å². The monoisotopic (exact) mass is 248 g/mol. The van der Waals surface area contributed by atoms with E-state index in [4.69, 9.17) is 21.7 Å². The molecule has 0 saturated carbocycles. The zero-order valence-corrected chi connectivity index (χ0v) is 8.94. The van der Waals surface area contributed by atoms with Crippen molar-refractivity contribution in [2.45, 2.75) is 11.4 Å². The van der Waals surface area contributed by atoms with Gasteiger partial charge in [0.2, 0.25) is 0 Å². The molecule has 0 aliphatic carbocycles. The lowest BCUT2D eigenvalue weighted by Gasteiger charge is -2.07. The number of nitriles is 1. The Kier molecular flexibility index (Phi) is 3.29. The molecule has 2 N–H and O–H groups in total. The van der Waals surface area contributed by atoms with Gasteiger partial charge in [0, 0.05) is 22.8 Å². The van der Waals surface area contributed by atoms with E-state index < -0.39 is 19.8 Å². The van der Waals surface area contributed by atoms with Crippen molar-refractivity contribution in [3.63, 3.8) is 0 Å². The highest BCUT2D eigenvalue weighted by Gasteiger charge is 2.22. The summed E-state index contributed by atoms with van der Waals surface area (Å²) in [5.41, 5.74) is 5.15. The van der Waals surface area contributed by atoms with Crippen LogP contribution >= 0.6 is 10.7 Å². The van der Waals surface area contributed by atoms with Gasteiger partial charge in [-0.2, -0.15) is 5.26 Å². The van der Waals surface area contributed by atoms with Crippen molar-refractivity contribution in [2.24, 2.45) is 5.73 Å². The van der Waals surface area contributed by atoms with Gasteiger partial charge in [0.15, 0.2) is 0 Å². The van der Waals surface area contributed by atoms with Gasteiger partial charge in [-0.05, 0) is 12.1 Å². The highest BCUT2D eigenvalue weighted by Crippen LogP contribution is 2.25. The van der Waals surface area contributed by atoms with E-state index in [9.17, 15) is 12.8 Å². The summed E-state index contributed by atoms with van der Waals surface area (Å²) < 4.78 is 35.3. The lowest BCUT2D eigenvalue weighted by Crippen LogP contribution is -2.09. The zero-order valence-electron chi connectivity index (χ0n) is 7.37. The molecule has 0 aliphatic heterocycles. The zero-order chi connectivity index (χ0) is 11.6. The quantitative estimate of drug-likeness (QED) is 0.794. The summed E-state index contributed by atoms with van der Waals surface area (Å²) in [5, 5.41) is 8.66. The number of nitrogens with two attached hydrogens (primary N) is 1. The van der Waals surface area contributed by atoms with Crippen molar-refractivity contribution in [1.29, 1.82) is 5.26 Å². The van der Waals surface area contributed by atoms with Crippen LogP contribution in [0.15, 0.2) is 17.0 Å². The summed E-state index contributed by atoms with van der Waals surface area (Å²) in [4.78, 5) is -0.717. The van der Waals surface area contributed by atoms with E-state index >= 15 is 0 Å². The van der Waals surface area contributed by atoms with Crippen molar-refractivity contribution in [3.8, 4) is 6.07 Å². The summed E-state index contributed by atoms with van der Waals surface area (Å²) in [7, 11) is 0.801. The van der Waals surface area contributed by atoms with Gasteiger partial charge in [-0.1, -0.05) is 0 Å². The van der Waals surface area contributed by atoms with E-state index in [1.807, 2.05) is 0 Å². The molecule has 0 aromatic heterocycles. The Labute approximate surface area is 90.5 Å². The van der Waals surface area contributed by atoms with Gasteiger partial charge in [-0.25, -0.2) is 12.8 Å². The van der Waals surface area contributed by atoms with Crippen LogP contribution in [0.3, 0.4) is 0 Å². The third-order valence-electron chi connectivity index (χ3n) is 1.78. The first-order valence-corrected chi connectivity index (χ1v) is 6.09. The molecule has 1 rings (SSSR count).